The van der Waals surface area contributed by atoms with Crippen molar-refractivity contribution in [3.8, 4) is 0 Å². The summed E-state index contributed by atoms with van der Waals surface area (Å²) in [5.41, 5.74) is 0.828. The van der Waals surface area contributed by atoms with Crippen molar-refractivity contribution in [1.82, 2.24) is 4.98 Å². The van der Waals surface area contributed by atoms with Crippen LogP contribution in [-0.4, -0.2) is 34.4 Å². The lowest BCUT2D eigenvalue weighted by atomic mass is 10.1. The molecule has 0 saturated heterocycles. The van der Waals surface area contributed by atoms with Gasteiger partial charge in [0.25, 0.3) is 0 Å². The summed E-state index contributed by atoms with van der Waals surface area (Å²) in [7, 11) is 0. The van der Waals surface area contributed by atoms with Crippen molar-refractivity contribution in [3.05, 3.63) is 23.9 Å². The molecule has 0 spiro atoms. The van der Waals surface area contributed by atoms with Gasteiger partial charge >= 0.3 is 0 Å². The van der Waals surface area contributed by atoms with E-state index in [-0.39, 0.29) is 6.61 Å². The van der Waals surface area contributed by atoms with Gasteiger partial charge in [0.2, 0.25) is 0 Å². The Morgan fingerprint density at radius 3 is 2.61 bits per heavy atom. The molecule has 0 aliphatic heterocycles. The number of hydrogen-bond acceptors (Lipinski definition) is 4. The number of aliphatic hydroxyl groups excluding tert-OH is 2. The Kier molecular flexibility index (Phi) is 4.55. The van der Waals surface area contributed by atoms with Crippen LogP contribution in [0.3, 0.4) is 0 Å². The van der Waals surface area contributed by atoms with Gasteiger partial charge in [0.05, 0.1) is 12.7 Å². The molecule has 1 aromatic heterocycles. The molecule has 1 atom stereocenters. The van der Waals surface area contributed by atoms with Crippen LogP contribution in [0.4, 0.5) is 5.82 Å². The molecule has 1 saturated carbocycles. The average molecular weight is 250 g/mol. The first kappa shape index (κ1) is 13.3. The van der Waals surface area contributed by atoms with Gasteiger partial charge in [0, 0.05) is 18.8 Å². The largest absolute Gasteiger partial charge is 0.395 e. The molecule has 0 bridgehead atoms. The van der Waals surface area contributed by atoms with Gasteiger partial charge in [-0.3, -0.25) is 0 Å². The maximum absolute atomic E-state index is 9.47. The Morgan fingerprint density at radius 2 is 2.11 bits per heavy atom. The average Bonchev–Trinajstić information content (AvgIpc) is 2.90. The number of aromatic nitrogens is 1. The Bertz CT molecular complexity index is 359. The Balaban J connectivity index is 2.14. The zero-order valence-electron chi connectivity index (χ0n) is 10.9. The maximum Gasteiger partial charge on any atom is 0.128 e. The third-order valence-corrected chi connectivity index (χ3v) is 3.65. The summed E-state index contributed by atoms with van der Waals surface area (Å²) in [6, 6.07) is 4.35. The Hall–Kier alpha value is -1.13. The predicted octanol–water partition coefficient (Wildman–Crippen LogP) is 1.88. The second-order valence-electron chi connectivity index (χ2n) is 4.98. The molecule has 0 aromatic carbocycles. The summed E-state index contributed by atoms with van der Waals surface area (Å²) in [4.78, 5) is 6.61. The van der Waals surface area contributed by atoms with Crippen LogP contribution < -0.4 is 4.90 Å². The fourth-order valence-corrected chi connectivity index (χ4v) is 2.62. The van der Waals surface area contributed by atoms with E-state index in [0.717, 1.165) is 11.4 Å². The highest BCUT2D eigenvalue weighted by atomic mass is 16.3. The number of rotatable bonds is 5. The number of aliphatic hydroxyl groups is 2. The Morgan fingerprint density at radius 1 is 1.39 bits per heavy atom. The molecule has 1 unspecified atom stereocenters. The van der Waals surface area contributed by atoms with E-state index in [2.05, 4.69) is 9.88 Å². The quantitative estimate of drug-likeness (QED) is 0.837. The highest BCUT2D eigenvalue weighted by Crippen LogP contribution is 2.27. The molecule has 0 radical (unpaired) electrons. The molecule has 1 aromatic rings. The summed E-state index contributed by atoms with van der Waals surface area (Å²) in [5, 5.41) is 18.7. The zero-order chi connectivity index (χ0) is 13.0. The molecule has 1 aliphatic rings. The lowest BCUT2D eigenvalue weighted by Crippen LogP contribution is -2.36. The first-order valence-corrected chi connectivity index (χ1v) is 6.74. The van der Waals surface area contributed by atoms with Crippen LogP contribution in [0.2, 0.25) is 0 Å². The van der Waals surface area contributed by atoms with Crippen LogP contribution in [0.1, 0.15) is 44.3 Å². The molecular formula is C14H22N2O2. The molecule has 1 heterocycles. The monoisotopic (exact) mass is 250 g/mol. The van der Waals surface area contributed by atoms with Crippen molar-refractivity contribution in [1.29, 1.82) is 0 Å². The second kappa shape index (κ2) is 6.16. The van der Waals surface area contributed by atoms with Gasteiger partial charge in [-0.25, -0.2) is 4.98 Å². The molecule has 0 amide bonds. The van der Waals surface area contributed by atoms with E-state index in [1.807, 2.05) is 12.1 Å². The van der Waals surface area contributed by atoms with Crippen molar-refractivity contribution >= 4 is 5.82 Å². The van der Waals surface area contributed by atoms with Crippen molar-refractivity contribution in [2.75, 3.05) is 18.1 Å². The van der Waals surface area contributed by atoms with E-state index in [1.165, 1.54) is 25.7 Å². The van der Waals surface area contributed by atoms with Crippen molar-refractivity contribution in [2.24, 2.45) is 0 Å². The molecule has 2 N–H and O–H groups in total. The van der Waals surface area contributed by atoms with Crippen LogP contribution in [0.15, 0.2) is 18.3 Å². The highest BCUT2D eigenvalue weighted by molar-refractivity contribution is 5.41. The fraction of sp³-hybridized carbons (Fsp3) is 0.643. The minimum Gasteiger partial charge on any atom is -0.395 e. The van der Waals surface area contributed by atoms with Crippen LogP contribution >= 0.6 is 0 Å². The van der Waals surface area contributed by atoms with Crippen LogP contribution in [0.25, 0.3) is 0 Å². The van der Waals surface area contributed by atoms with E-state index in [4.69, 9.17) is 0 Å². The summed E-state index contributed by atoms with van der Waals surface area (Å²) in [6.45, 7) is 2.52. The first-order valence-electron chi connectivity index (χ1n) is 6.74. The minimum atomic E-state index is -0.482. The Labute approximate surface area is 108 Å². The summed E-state index contributed by atoms with van der Waals surface area (Å²) in [5.74, 6) is 0.903. The van der Waals surface area contributed by atoms with Crippen molar-refractivity contribution in [3.63, 3.8) is 0 Å². The van der Waals surface area contributed by atoms with E-state index >= 15 is 0 Å². The molecule has 1 aliphatic carbocycles. The zero-order valence-corrected chi connectivity index (χ0v) is 10.9. The van der Waals surface area contributed by atoms with Crippen molar-refractivity contribution in [2.45, 2.75) is 44.8 Å². The van der Waals surface area contributed by atoms with E-state index in [1.54, 1.807) is 13.1 Å². The topological polar surface area (TPSA) is 56.6 Å². The van der Waals surface area contributed by atoms with Gasteiger partial charge in [-0.05, 0) is 31.4 Å². The summed E-state index contributed by atoms with van der Waals surface area (Å²) in [6.07, 6.45) is 6.12. The van der Waals surface area contributed by atoms with Gasteiger partial charge in [-0.2, -0.15) is 0 Å². The van der Waals surface area contributed by atoms with Crippen molar-refractivity contribution < 1.29 is 10.2 Å². The SMILES string of the molecule is CC(O)c1ccc(N(CCO)C2CCCC2)nc1. The minimum absolute atomic E-state index is 0.149. The number of pyridine rings is 1. The smallest absolute Gasteiger partial charge is 0.128 e. The molecule has 18 heavy (non-hydrogen) atoms. The predicted molar refractivity (Wildman–Crippen MR) is 71.6 cm³/mol. The fourth-order valence-electron chi connectivity index (χ4n) is 2.62. The van der Waals surface area contributed by atoms with Gasteiger partial charge in [-0.1, -0.05) is 18.9 Å². The van der Waals surface area contributed by atoms with E-state index < -0.39 is 6.10 Å². The number of nitrogens with zero attached hydrogens (tertiary/aromatic N) is 2. The summed E-state index contributed by atoms with van der Waals surface area (Å²) < 4.78 is 0. The molecule has 1 fully saturated rings. The van der Waals surface area contributed by atoms with Gasteiger partial charge in [0.1, 0.15) is 5.82 Å². The molecule has 2 rings (SSSR count). The maximum atomic E-state index is 9.47. The van der Waals surface area contributed by atoms with E-state index in [9.17, 15) is 10.2 Å². The van der Waals surface area contributed by atoms with Gasteiger partial charge in [-0.15, -0.1) is 0 Å². The molecule has 4 nitrogen and oxygen atoms in total. The number of anilines is 1. The molecular weight excluding hydrogens is 228 g/mol. The normalized spacial score (nSPS) is 17.9. The summed E-state index contributed by atoms with van der Waals surface area (Å²) >= 11 is 0. The molecule has 100 valence electrons. The highest BCUT2D eigenvalue weighted by Gasteiger charge is 2.23. The van der Waals surface area contributed by atoms with Gasteiger partial charge in [0.15, 0.2) is 0 Å². The lowest BCUT2D eigenvalue weighted by Gasteiger charge is -2.29. The van der Waals surface area contributed by atoms with Crippen LogP contribution in [0.5, 0.6) is 0 Å². The molecule has 4 heteroatoms. The first-order chi connectivity index (χ1) is 8.72. The lowest BCUT2D eigenvalue weighted by molar-refractivity contribution is 0.199. The van der Waals surface area contributed by atoms with E-state index in [0.29, 0.717) is 12.6 Å². The van der Waals surface area contributed by atoms with Crippen LogP contribution in [0, 0.1) is 0 Å². The van der Waals surface area contributed by atoms with Gasteiger partial charge < -0.3 is 15.1 Å². The second-order valence-corrected chi connectivity index (χ2v) is 4.98. The standard InChI is InChI=1S/C14H22N2O2/c1-11(18)12-6-7-14(15-10-12)16(8-9-17)13-4-2-3-5-13/h6-7,10-11,13,17-18H,2-5,8-9H2,1H3. The number of hydrogen-bond donors (Lipinski definition) is 2. The van der Waals surface area contributed by atoms with Crippen LogP contribution in [-0.2, 0) is 0 Å². The third-order valence-electron chi connectivity index (χ3n) is 3.65. The third kappa shape index (κ3) is 3.00.